The van der Waals surface area contributed by atoms with Crippen molar-refractivity contribution in [3.8, 4) is 0 Å². The second-order valence-electron chi connectivity index (χ2n) is 5.99. The predicted molar refractivity (Wildman–Crippen MR) is 102 cm³/mol. The Labute approximate surface area is 152 Å². The van der Waals surface area contributed by atoms with Crippen molar-refractivity contribution in [3.63, 3.8) is 0 Å². The lowest BCUT2D eigenvalue weighted by Gasteiger charge is -2.39. The molecule has 2 unspecified atom stereocenters. The number of carbonyl (C=O) groups excluding carboxylic acids is 1. The third kappa shape index (κ3) is 4.19. The van der Waals surface area contributed by atoms with Gasteiger partial charge in [0.2, 0.25) is 5.91 Å². The fourth-order valence-electron chi connectivity index (χ4n) is 3.17. The van der Waals surface area contributed by atoms with E-state index in [1.165, 1.54) is 11.3 Å². The number of nitrogens with zero attached hydrogens (tertiary/aromatic N) is 2. The lowest BCUT2D eigenvalue weighted by atomic mass is 10.1. The van der Waals surface area contributed by atoms with E-state index in [1.54, 1.807) is 0 Å². The Balaban J connectivity index is 1.55. The zero-order chi connectivity index (χ0) is 16.2. The van der Waals surface area contributed by atoms with Crippen LogP contribution in [-0.4, -0.2) is 64.4 Å². The zero-order valence-electron chi connectivity index (χ0n) is 13.4. The molecule has 0 aromatic heterocycles. The number of thioether (sulfide) groups is 2. The number of halogens is 1. The van der Waals surface area contributed by atoms with Crippen molar-refractivity contribution in [2.24, 2.45) is 0 Å². The third-order valence-corrected chi connectivity index (χ3v) is 7.71. The Morgan fingerprint density at radius 2 is 1.96 bits per heavy atom. The number of piperazine rings is 1. The molecule has 0 N–H and O–H groups in total. The zero-order valence-corrected chi connectivity index (χ0v) is 15.8. The van der Waals surface area contributed by atoms with Crippen LogP contribution in [0.5, 0.6) is 0 Å². The van der Waals surface area contributed by atoms with Crippen molar-refractivity contribution in [1.82, 2.24) is 9.80 Å². The summed E-state index contributed by atoms with van der Waals surface area (Å²) < 4.78 is 0. The number of hydrogen-bond acceptors (Lipinski definition) is 4. The van der Waals surface area contributed by atoms with E-state index < -0.39 is 0 Å². The van der Waals surface area contributed by atoms with Gasteiger partial charge in [0.25, 0.3) is 0 Å². The van der Waals surface area contributed by atoms with Gasteiger partial charge in [0.15, 0.2) is 0 Å². The highest BCUT2D eigenvalue weighted by Gasteiger charge is 2.30. The lowest BCUT2D eigenvalue weighted by molar-refractivity contribution is -0.132. The fraction of sp³-hybridized carbons (Fsp3) is 0.588. The number of amides is 1. The Hall–Kier alpha value is -0.360. The van der Waals surface area contributed by atoms with E-state index in [2.05, 4.69) is 22.8 Å². The van der Waals surface area contributed by atoms with E-state index in [1.807, 2.05) is 41.7 Å². The minimum atomic E-state index is 0.168. The van der Waals surface area contributed by atoms with Gasteiger partial charge in [-0.1, -0.05) is 29.8 Å². The van der Waals surface area contributed by atoms with Crippen LogP contribution in [0.15, 0.2) is 24.3 Å². The molecule has 3 nitrogen and oxygen atoms in total. The van der Waals surface area contributed by atoms with Crippen molar-refractivity contribution in [1.29, 1.82) is 0 Å². The van der Waals surface area contributed by atoms with Crippen LogP contribution in [0.2, 0.25) is 5.02 Å². The highest BCUT2D eigenvalue weighted by molar-refractivity contribution is 8.07. The average Bonchev–Trinajstić information content (AvgIpc) is 2.62. The topological polar surface area (TPSA) is 23.6 Å². The second-order valence-corrected chi connectivity index (χ2v) is 8.86. The van der Waals surface area contributed by atoms with Gasteiger partial charge in [-0.3, -0.25) is 9.69 Å². The molecule has 2 heterocycles. The first-order valence-corrected chi connectivity index (χ1v) is 10.7. The standard InChI is InChI=1S/C17H23ClN2OS2/c1-13(14-4-2-3-5-15(14)18)19-6-8-20(9-7-19)17(21)16-12-22-10-11-23-16/h2-5,13,16H,6-12H2,1H3. The first-order valence-electron chi connectivity index (χ1n) is 8.13. The molecule has 0 aliphatic carbocycles. The molecule has 1 aromatic rings. The van der Waals surface area contributed by atoms with Crippen molar-refractivity contribution in [3.05, 3.63) is 34.9 Å². The van der Waals surface area contributed by atoms with Crippen molar-refractivity contribution >= 4 is 41.0 Å². The van der Waals surface area contributed by atoms with Gasteiger partial charge in [0.05, 0.1) is 5.25 Å². The van der Waals surface area contributed by atoms with E-state index >= 15 is 0 Å². The summed E-state index contributed by atoms with van der Waals surface area (Å²) in [6, 6.07) is 8.34. The molecule has 2 saturated heterocycles. The third-order valence-electron chi connectivity index (χ3n) is 4.62. The molecule has 23 heavy (non-hydrogen) atoms. The van der Waals surface area contributed by atoms with Gasteiger partial charge < -0.3 is 4.90 Å². The van der Waals surface area contributed by atoms with Crippen LogP contribution in [0.1, 0.15) is 18.5 Å². The molecule has 6 heteroatoms. The Morgan fingerprint density at radius 3 is 2.61 bits per heavy atom. The van der Waals surface area contributed by atoms with Gasteiger partial charge in [-0.25, -0.2) is 0 Å². The molecule has 0 spiro atoms. The largest absolute Gasteiger partial charge is 0.339 e. The quantitative estimate of drug-likeness (QED) is 0.813. The summed E-state index contributed by atoms with van der Waals surface area (Å²) in [5.41, 5.74) is 1.17. The Bertz CT molecular complexity index is 543. The lowest BCUT2D eigenvalue weighted by Crippen LogP contribution is -2.52. The fourth-order valence-corrected chi connectivity index (χ4v) is 6.10. The number of rotatable bonds is 3. The van der Waals surface area contributed by atoms with Crippen molar-refractivity contribution in [2.75, 3.05) is 43.4 Å². The molecule has 0 saturated carbocycles. The van der Waals surface area contributed by atoms with Crippen LogP contribution in [0.3, 0.4) is 0 Å². The molecule has 1 aromatic carbocycles. The van der Waals surface area contributed by atoms with Gasteiger partial charge >= 0.3 is 0 Å². The molecule has 0 radical (unpaired) electrons. The normalized spacial score (nSPS) is 24.4. The first kappa shape index (κ1) is 17.5. The van der Waals surface area contributed by atoms with Crippen LogP contribution in [0.25, 0.3) is 0 Å². The summed E-state index contributed by atoms with van der Waals surface area (Å²) in [6.45, 7) is 5.70. The number of carbonyl (C=O) groups is 1. The maximum Gasteiger partial charge on any atom is 0.236 e. The second kappa shape index (κ2) is 8.15. The maximum absolute atomic E-state index is 12.6. The molecule has 2 fully saturated rings. The number of hydrogen-bond donors (Lipinski definition) is 0. The van der Waals surface area contributed by atoms with Gasteiger partial charge in [-0.15, -0.1) is 11.8 Å². The highest BCUT2D eigenvalue weighted by atomic mass is 35.5. The maximum atomic E-state index is 12.6. The SMILES string of the molecule is CC(c1ccccc1Cl)N1CCN(C(=O)C2CSCCS2)CC1. The van der Waals surface area contributed by atoms with Crippen molar-refractivity contribution < 1.29 is 4.79 Å². The monoisotopic (exact) mass is 370 g/mol. The number of benzene rings is 1. The molecule has 3 rings (SSSR count). The van der Waals surface area contributed by atoms with Crippen LogP contribution in [-0.2, 0) is 4.79 Å². The van der Waals surface area contributed by atoms with E-state index in [4.69, 9.17) is 11.6 Å². The van der Waals surface area contributed by atoms with Gasteiger partial charge in [0.1, 0.15) is 0 Å². The van der Waals surface area contributed by atoms with Crippen LogP contribution in [0.4, 0.5) is 0 Å². The molecule has 2 aliphatic rings. The van der Waals surface area contributed by atoms with Gasteiger partial charge in [-0.05, 0) is 18.6 Å². The highest BCUT2D eigenvalue weighted by Crippen LogP contribution is 2.29. The van der Waals surface area contributed by atoms with Gasteiger partial charge in [-0.2, -0.15) is 11.8 Å². The van der Waals surface area contributed by atoms with Gasteiger partial charge in [0, 0.05) is 54.5 Å². The molecular weight excluding hydrogens is 348 g/mol. The molecule has 0 bridgehead atoms. The summed E-state index contributed by atoms with van der Waals surface area (Å²) >= 11 is 10.1. The molecule has 2 aliphatic heterocycles. The predicted octanol–water partition coefficient (Wildman–Crippen LogP) is 3.39. The molecule has 1 amide bonds. The van der Waals surface area contributed by atoms with E-state index in [9.17, 15) is 4.79 Å². The molecular formula is C17H23ClN2OS2. The molecule has 126 valence electrons. The summed E-state index contributed by atoms with van der Waals surface area (Å²) in [5.74, 6) is 3.59. The van der Waals surface area contributed by atoms with E-state index in [0.29, 0.717) is 11.9 Å². The van der Waals surface area contributed by atoms with Crippen LogP contribution >= 0.6 is 35.1 Å². The smallest absolute Gasteiger partial charge is 0.236 e. The summed E-state index contributed by atoms with van der Waals surface area (Å²) in [4.78, 5) is 17.1. The summed E-state index contributed by atoms with van der Waals surface area (Å²) in [6.07, 6.45) is 0. The molecule has 2 atom stereocenters. The van der Waals surface area contributed by atoms with Crippen molar-refractivity contribution in [2.45, 2.75) is 18.2 Å². The Morgan fingerprint density at radius 1 is 1.22 bits per heavy atom. The van der Waals surface area contributed by atoms with E-state index in [-0.39, 0.29) is 5.25 Å². The summed E-state index contributed by atoms with van der Waals surface area (Å²) in [5, 5.41) is 0.996. The summed E-state index contributed by atoms with van der Waals surface area (Å²) in [7, 11) is 0. The first-order chi connectivity index (χ1) is 11.2. The Kier molecular flexibility index (Phi) is 6.19. The minimum Gasteiger partial charge on any atom is -0.339 e. The average molecular weight is 371 g/mol. The van der Waals surface area contributed by atoms with Crippen LogP contribution in [0, 0.1) is 0 Å². The van der Waals surface area contributed by atoms with Crippen LogP contribution < -0.4 is 0 Å². The van der Waals surface area contributed by atoms with E-state index in [0.717, 1.165) is 42.7 Å². The minimum absolute atomic E-state index is 0.168.